The Morgan fingerprint density at radius 3 is 2.71 bits per heavy atom. The van der Waals surface area contributed by atoms with E-state index in [1.54, 1.807) is 17.9 Å². The average Bonchev–Trinajstić information content (AvgIpc) is 2.76. The lowest BCUT2D eigenvalue weighted by atomic mass is 10.0. The van der Waals surface area contributed by atoms with E-state index in [1.807, 2.05) is 24.3 Å². The number of aromatic nitrogens is 3. The van der Waals surface area contributed by atoms with Crippen molar-refractivity contribution >= 4 is 21.7 Å². The van der Waals surface area contributed by atoms with Crippen molar-refractivity contribution in [1.29, 1.82) is 0 Å². The third kappa shape index (κ3) is 2.42. The molecular formula is C15H12BrFN4. The summed E-state index contributed by atoms with van der Waals surface area (Å²) in [6, 6.07) is 9.10. The fourth-order valence-electron chi connectivity index (χ4n) is 2.21. The molecule has 3 aromatic rings. The molecule has 0 atom stereocenters. The second-order valence-corrected chi connectivity index (χ2v) is 5.46. The van der Waals surface area contributed by atoms with Crippen molar-refractivity contribution in [2.45, 2.75) is 0 Å². The van der Waals surface area contributed by atoms with Gasteiger partial charge in [0.15, 0.2) is 0 Å². The molecule has 0 saturated carbocycles. The zero-order valence-corrected chi connectivity index (χ0v) is 12.8. The van der Waals surface area contributed by atoms with Crippen LogP contribution in [0.1, 0.15) is 0 Å². The molecule has 3 rings (SSSR count). The van der Waals surface area contributed by atoms with Crippen LogP contribution < -0.4 is 5.73 Å². The monoisotopic (exact) mass is 346 g/mol. The molecule has 2 N–H and O–H groups in total. The zero-order valence-electron chi connectivity index (χ0n) is 11.2. The molecule has 0 radical (unpaired) electrons. The van der Waals surface area contributed by atoms with E-state index in [0.29, 0.717) is 17.1 Å². The molecule has 0 spiro atoms. The van der Waals surface area contributed by atoms with Gasteiger partial charge in [0.05, 0.1) is 11.8 Å². The number of nitrogens with zero attached hydrogens (tertiary/aromatic N) is 3. The standard InChI is InChI=1S/C15H12BrFN4/c1-21-15(18)13(11-4-2-3-5-12(11)16)14(20-21)9-6-10(17)8-19-7-9/h2-8H,18H2,1H3. The molecule has 21 heavy (non-hydrogen) atoms. The van der Waals surface area contributed by atoms with Crippen molar-refractivity contribution in [2.24, 2.45) is 7.05 Å². The van der Waals surface area contributed by atoms with E-state index >= 15 is 0 Å². The maximum absolute atomic E-state index is 13.4. The number of rotatable bonds is 2. The Morgan fingerprint density at radius 2 is 2.00 bits per heavy atom. The second kappa shape index (κ2) is 5.29. The fraction of sp³-hybridized carbons (Fsp3) is 0.0667. The summed E-state index contributed by atoms with van der Waals surface area (Å²) in [6.07, 6.45) is 2.74. The maximum Gasteiger partial charge on any atom is 0.142 e. The maximum atomic E-state index is 13.4. The van der Waals surface area contributed by atoms with Crippen LogP contribution in [-0.2, 0) is 7.05 Å². The van der Waals surface area contributed by atoms with Crippen molar-refractivity contribution in [1.82, 2.24) is 14.8 Å². The number of halogens is 2. The Kier molecular flexibility index (Phi) is 3.47. The molecule has 0 fully saturated rings. The van der Waals surface area contributed by atoms with Crippen LogP contribution in [-0.4, -0.2) is 14.8 Å². The number of benzene rings is 1. The highest BCUT2D eigenvalue weighted by atomic mass is 79.9. The van der Waals surface area contributed by atoms with Gasteiger partial charge in [0.25, 0.3) is 0 Å². The third-order valence-electron chi connectivity index (χ3n) is 3.21. The Bertz CT molecular complexity index is 813. The van der Waals surface area contributed by atoms with E-state index in [4.69, 9.17) is 5.73 Å². The van der Waals surface area contributed by atoms with Gasteiger partial charge in [0, 0.05) is 28.8 Å². The average molecular weight is 347 g/mol. The molecule has 0 bridgehead atoms. The molecule has 0 aliphatic heterocycles. The Hall–Kier alpha value is -2.21. The first-order chi connectivity index (χ1) is 10.1. The number of nitrogen functional groups attached to an aromatic ring is 1. The Morgan fingerprint density at radius 1 is 1.24 bits per heavy atom. The topological polar surface area (TPSA) is 56.7 Å². The van der Waals surface area contributed by atoms with E-state index in [2.05, 4.69) is 26.0 Å². The van der Waals surface area contributed by atoms with Crippen molar-refractivity contribution in [3.8, 4) is 22.4 Å². The highest BCUT2D eigenvalue weighted by molar-refractivity contribution is 9.10. The molecule has 0 aliphatic carbocycles. The molecule has 0 saturated heterocycles. The smallest absolute Gasteiger partial charge is 0.142 e. The van der Waals surface area contributed by atoms with Gasteiger partial charge in [-0.25, -0.2) is 4.39 Å². The molecule has 4 nitrogen and oxygen atoms in total. The second-order valence-electron chi connectivity index (χ2n) is 4.60. The van der Waals surface area contributed by atoms with E-state index in [0.717, 1.165) is 21.8 Å². The highest BCUT2D eigenvalue weighted by Crippen LogP contribution is 2.39. The van der Waals surface area contributed by atoms with Gasteiger partial charge < -0.3 is 5.73 Å². The van der Waals surface area contributed by atoms with Crippen LogP contribution in [0, 0.1) is 5.82 Å². The predicted molar refractivity (Wildman–Crippen MR) is 83.9 cm³/mol. The number of aryl methyl sites for hydroxylation is 1. The van der Waals surface area contributed by atoms with Crippen LogP contribution in [0.2, 0.25) is 0 Å². The SMILES string of the molecule is Cn1nc(-c2cncc(F)c2)c(-c2ccccc2Br)c1N. The molecule has 0 aliphatic rings. The van der Waals surface area contributed by atoms with Crippen LogP contribution in [0.25, 0.3) is 22.4 Å². The van der Waals surface area contributed by atoms with Crippen LogP contribution in [0.3, 0.4) is 0 Å². The zero-order chi connectivity index (χ0) is 15.0. The molecule has 6 heteroatoms. The molecule has 2 aromatic heterocycles. The van der Waals surface area contributed by atoms with Gasteiger partial charge in [-0.05, 0) is 12.1 Å². The van der Waals surface area contributed by atoms with Crippen LogP contribution in [0.15, 0.2) is 47.2 Å². The molecule has 2 heterocycles. The van der Waals surface area contributed by atoms with Crippen molar-refractivity contribution in [2.75, 3.05) is 5.73 Å². The van der Waals surface area contributed by atoms with Gasteiger partial charge in [0.1, 0.15) is 17.3 Å². The molecule has 106 valence electrons. The lowest BCUT2D eigenvalue weighted by Crippen LogP contribution is -1.98. The highest BCUT2D eigenvalue weighted by Gasteiger charge is 2.19. The van der Waals surface area contributed by atoms with Gasteiger partial charge in [0.2, 0.25) is 0 Å². The summed E-state index contributed by atoms with van der Waals surface area (Å²) in [4.78, 5) is 3.88. The van der Waals surface area contributed by atoms with E-state index < -0.39 is 5.82 Å². The minimum absolute atomic E-state index is 0.408. The predicted octanol–water partition coefficient (Wildman–Crippen LogP) is 3.63. The molecule has 0 unspecified atom stereocenters. The number of anilines is 1. The number of pyridine rings is 1. The molecule has 1 aromatic carbocycles. The van der Waals surface area contributed by atoms with Crippen LogP contribution in [0.5, 0.6) is 0 Å². The fourth-order valence-corrected chi connectivity index (χ4v) is 2.69. The summed E-state index contributed by atoms with van der Waals surface area (Å²) in [5, 5.41) is 4.40. The first-order valence-electron chi connectivity index (χ1n) is 6.26. The lowest BCUT2D eigenvalue weighted by Gasteiger charge is -2.06. The minimum atomic E-state index is -0.408. The summed E-state index contributed by atoms with van der Waals surface area (Å²) in [7, 11) is 1.76. The summed E-state index contributed by atoms with van der Waals surface area (Å²) in [5.74, 6) is 0.107. The Balaban J connectivity index is 2.29. The third-order valence-corrected chi connectivity index (χ3v) is 3.90. The summed E-state index contributed by atoms with van der Waals surface area (Å²) >= 11 is 3.52. The van der Waals surface area contributed by atoms with E-state index in [-0.39, 0.29) is 0 Å². The summed E-state index contributed by atoms with van der Waals surface area (Å²) in [6.45, 7) is 0. The first kappa shape index (κ1) is 13.8. The Labute approximate surface area is 129 Å². The number of nitrogens with two attached hydrogens (primary N) is 1. The van der Waals surface area contributed by atoms with Gasteiger partial charge >= 0.3 is 0 Å². The van der Waals surface area contributed by atoms with Gasteiger partial charge in [-0.15, -0.1) is 0 Å². The normalized spacial score (nSPS) is 10.8. The van der Waals surface area contributed by atoms with E-state index in [9.17, 15) is 4.39 Å². The van der Waals surface area contributed by atoms with Crippen LogP contribution in [0.4, 0.5) is 10.2 Å². The summed E-state index contributed by atoms with van der Waals surface area (Å²) < 4.78 is 15.9. The molecule has 0 amide bonds. The van der Waals surface area contributed by atoms with Gasteiger partial charge in [-0.3, -0.25) is 9.67 Å². The number of hydrogen-bond donors (Lipinski definition) is 1. The van der Waals surface area contributed by atoms with Crippen molar-refractivity contribution in [3.63, 3.8) is 0 Å². The van der Waals surface area contributed by atoms with Crippen molar-refractivity contribution < 1.29 is 4.39 Å². The van der Waals surface area contributed by atoms with Crippen LogP contribution >= 0.6 is 15.9 Å². The molecular weight excluding hydrogens is 335 g/mol. The quantitative estimate of drug-likeness (QED) is 0.770. The van der Waals surface area contributed by atoms with Gasteiger partial charge in [-0.1, -0.05) is 34.1 Å². The number of hydrogen-bond acceptors (Lipinski definition) is 3. The minimum Gasteiger partial charge on any atom is -0.383 e. The lowest BCUT2D eigenvalue weighted by molar-refractivity contribution is 0.622. The first-order valence-corrected chi connectivity index (χ1v) is 7.05. The largest absolute Gasteiger partial charge is 0.383 e. The summed E-state index contributed by atoms with van der Waals surface area (Å²) in [5.41, 5.74) is 9.01. The van der Waals surface area contributed by atoms with Crippen molar-refractivity contribution in [3.05, 3.63) is 53.0 Å². The van der Waals surface area contributed by atoms with E-state index in [1.165, 1.54) is 6.07 Å². The van der Waals surface area contributed by atoms with Gasteiger partial charge in [-0.2, -0.15) is 5.10 Å².